The highest BCUT2D eigenvalue weighted by Crippen LogP contribution is 2.22. The van der Waals surface area contributed by atoms with Gasteiger partial charge in [0.2, 0.25) is 5.89 Å². The third-order valence-electron chi connectivity index (χ3n) is 2.43. The maximum absolute atomic E-state index is 6.12. The number of hydrogen-bond acceptors (Lipinski definition) is 4. The van der Waals surface area contributed by atoms with Crippen LogP contribution in [-0.2, 0) is 13.1 Å². The van der Waals surface area contributed by atoms with Gasteiger partial charge in [-0.1, -0.05) is 34.4 Å². The standard InChI is InChI=1S/C12H13Cl2N3O/c1-8-15-12(18-16-8)7-17(2)6-9-3-4-10(13)5-11(9)14/h3-5H,6-7H2,1-2H3. The second-order valence-corrected chi connectivity index (χ2v) is 4.99. The monoisotopic (exact) mass is 285 g/mol. The minimum Gasteiger partial charge on any atom is -0.338 e. The molecule has 4 nitrogen and oxygen atoms in total. The summed E-state index contributed by atoms with van der Waals surface area (Å²) < 4.78 is 5.07. The molecule has 0 aliphatic rings. The lowest BCUT2D eigenvalue weighted by molar-refractivity contribution is 0.260. The molecule has 0 fully saturated rings. The van der Waals surface area contributed by atoms with Gasteiger partial charge in [-0.25, -0.2) is 0 Å². The van der Waals surface area contributed by atoms with Gasteiger partial charge < -0.3 is 4.52 Å². The first kappa shape index (κ1) is 13.3. The van der Waals surface area contributed by atoms with Crippen molar-refractivity contribution in [2.24, 2.45) is 0 Å². The van der Waals surface area contributed by atoms with E-state index < -0.39 is 0 Å². The van der Waals surface area contributed by atoms with Crippen molar-refractivity contribution in [1.82, 2.24) is 15.0 Å². The molecule has 0 saturated carbocycles. The number of hydrogen-bond donors (Lipinski definition) is 0. The van der Waals surface area contributed by atoms with Crippen LogP contribution in [0.5, 0.6) is 0 Å². The van der Waals surface area contributed by atoms with Gasteiger partial charge in [0.15, 0.2) is 5.82 Å². The zero-order chi connectivity index (χ0) is 13.1. The van der Waals surface area contributed by atoms with Crippen molar-refractivity contribution in [2.45, 2.75) is 20.0 Å². The molecule has 0 amide bonds. The Morgan fingerprint density at radius 2 is 2.06 bits per heavy atom. The summed E-state index contributed by atoms with van der Waals surface area (Å²) in [5, 5.41) is 5.05. The molecule has 0 radical (unpaired) electrons. The fraction of sp³-hybridized carbons (Fsp3) is 0.333. The van der Waals surface area contributed by atoms with Crippen molar-refractivity contribution in [3.63, 3.8) is 0 Å². The number of aromatic nitrogens is 2. The van der Waals surface area contributed by atoms with Gasteiger partial charge in [0.25, 0.3) is 0 Å². The molecule has 1 heterocycles. The zero-order valence-electron chi connectivity index (χ0n) is 10.2. The van der Waals surface area contributed by atoms with Gasteiger partial charge in [-0.15, -0.1) is 0 Å². The summed E-state index contributed by atoms with van der Waals surface area (Å²) in [5.41, 5.74) is 1.01. The number of nitrogens with zero attached hydrogens (tertiary/aromatic N) is 3. The number of benzene rings is 1. The van der Waals surface area contributed by atoms with E-state index in [0.717, 1.165) is 5.56 Å². The minimum absolute atomic E-state index is 0.583. The zero-order valence-corrected chi connectivity index (χ0v) is 11.7. The Kier molecular flexibility index (Phi) is 4.22. The molecule has 96 valence electrons. The van der Waals surface area contributed by atoms with Crippen LogP contribution in [0.15, 0.2) is 22.7 Å². The van der Waals surface area contributed by atoms with Crippen molar-refractivity contribution in [2.75, 3.05) is 7.05 Å². The van der Waals surface area contributed by atoms with Crippen LogP contribution in [0.4, 0.5) is 0 Å². The smallest absolute Gasteiger partial charge is 0.240 e. The molecule has 1 aromatic carbocycles. The van der Waals surface area contributed by atoms with Crippen LogP contribution in [0, 0.1) is 6.92 Å². The first-order chi connectivity index (χ1) is 8.54. The van der Waals surface area contributed by atoms with Crippen molar-refractivity contribution >= 4 is 23.2 Å². The Morgan fingerprint density at radius 3 is 2.67 bits per heavy atom. The summed E-state index contributed by atoms with van der Waals surface area (Å²) >= 11 is 12.0. The molecule has 0 saturated heterocycles. The predicted molar refractivity (Wildman–Crippen MR) is 70.7 cm³/mol. The third kappa shape index (κ3) is 3.45. The Bertz CT molecular complexity index is 542. The number of rotatable bonds is 4. The average Bonchev–Trinajstić information content (AvgIpc) is 2.68. The molecule has 0 spiro atoms. The lowest BCUT2D eigenvalue weighted by Gasteiger charge is -2.15. The SMILES string of the molecule is Cc1noc(CN(C)Cc2ccc(Cl)cc2Cl)n1. The Labute approximate surface area is 115 Å². The van der Waals surface area contributed by atoms with Crippen LogP contribution in [0.3, 0.4) is 0 Å². The van der Waals surface area contributed by atoms with E-state index in [1.165, 1.54) is 0 Å². The van der Waals surface area contributed by atoms with Gasteiger partial charge in [0.05, 0.1) is 6.54 Å². The number of aryl methyl sites for hydroxylation is 1. The quantitative estimate of drug-likeness (QED) is 0.864. The summed E-state index contributed by atoms with van der Waals surface area (Å²) in [6.45, 7) is 3.07. The van der Waals surface area contributed by atoms with Gasteiger partial charge >= 0.3 is 0 Å². The van der Waals surface area contributed by atoms with Gasteiger partial charge in [-0.05, 0) is 31.7 Å². The Hall–Kier alpha value is -1.10. The van der Waals surface area contributed by atoms with Gasteiger partial charge in [0.1, 0.15) is 0 Å². The number of halogens is 2. The van der Waals surface area contributed by atoms with Crippen molar-refractivity contribution in [3.8, 4) is 0 Å². The van der Waals surface area contributed by atoms with E-state index in [2.05, 4.69) is 10.1 Å². The molecule has 0 aliphatic heterocycles. The van der Waals surface area contributed by atoms with Crippen LogP contribution >= 0.6 is 23.2 Å². The van der Waals surface area contributed by atoms with Gasteiger partial charge in [-0.2, -0.15) is 4.98 Å². The second-order valence-electron chi connectivity index (χ2n) is 4.14. The maximum Gasteiger partial charge on any atom is 0.240 e. The Balaban J connectivity index is 2.00. The lowest BCUT2D eigenvalue weighted by Crippen LogP contribution is -2.17. The van der Waals surface area contributed by atoms with E-state index in [-0.39, 0.29) is 0 Å². The molecule has 0 aliphatic carbocycles. The molecule has 6 heteroatoms. The van der Waals surface area contributed by atoms with E-state index >= 15 is 0 Å². The van der Waals surface area contributed by atoms with E-state index in [1.54, 1.807) is 13.0 Å². The predicted octanol–water partition coefficient (Wildman–Crippen LogP) is 3.32. The van der Waals surface area contributed by atoms with Crippen LogP contribution in [0.25, 0.3) is 0 Å². The summed E-state index contributed by atoms with van der Waals surface area (Å²) in [6, 6.07) is 5.48. The van der Waals surface area contributed by atoms with Crippen molar-refractivity contribution in [1.29, 1.82) is 0 Å². The highest BCUT2D eigenvalue weighted by molar-refractivity contribution is 6.35. The first-order valence-electron chi connectivity index (χ1n) is 5.46. The fourth-order valence-corrected chi connectivity index (χ4v) is 2.10. The molecule has 2 rings (SSSR count). The summed E-state index contributed by atoms with van der Waals surface area (Å²) in [5.74, 6) is 1.24. The maximum atomic E-state index is 6.12. The van der Waals surface area contributed by atoms with Crippen LogP contribution in [-0.4, -0.2) is 22.1 Å². The fourth-order valence-electron chi connectivity index (χ4n) is 1.63. The lowest BCUT2D eigenvalue weighted by atomic mass is 10.2. The molecule has 2 aromatic rings. The van der Waals surface area contributed by atoms with E-state index in [4.69, 9.17) is 27.7 Å². The summed E-state index contributed by atoms with van der Waals surface area (Å²) in [6.07, 6.45) is 0. The largest absolute Gasteiger partial charge is 0.338 e. The molecule has 0 N–H and O–H groups in total. The van der Waals surface area contributed by atoms with E-state index in [0.29, 0.717) is 34.8 Å². The first-order valence-corrected chi connectivity index (χ1v) is 6.22. The summed E-state index contributed by atoms with van der Waals surface area (Å²) in [4.78, 5) is 6.20. The average molecular weight is 286 g/mol. The molecule has 18 heavy (non-hydrogen) atoms. The van der Waals surface area contributed by atoms with Crippen molar-refractivity contribution < 1.29 is 4.52 Å². The van der Waals surface area contributed by atoms with Gasteiger partial charge in [-0.3, -0.25) is 4.90 Å². The van der Waals surface area contributed by atoms with Crippen LogP contribution in [0.2, 0.25) is 10.0 Å². The van der Waals surface area contributed by atoms with E-state index in [1.807, 2.05) is 24.1 Å². The minimum atomic E-state index is 0.583. The summed E-state index contributed by atoms with van der Waals surface area (Å²) in [7, 11) is 1.96. The highest BCUT2D eigenvalue weighted by Gasteiger charge is 2.09. The third-order valence-corrected chi connectivity index (χ3v) is 3.02. The van der Waals surface area contributed by atoms with Crippen LogP contribution < -0.4 is 0 Å². The molecule has 0 atom stereocenters. The van der Waals surface area contributed by atoms with Gasteiger partial charge in [0, 0.05) is 16.6 Å². The molecular formula is C12H13Cl2N3O. The van der Waals surface area contributed by atoms with E-state index in [9.17, 15) is 0 Å². The topological polar surface area (TPSA) is 42.2 Å². The molecule has 0 bridgehead atoms. The molecule has 1 aromatic heterocycles. The Morgan fingerprint density at radius 1 is 1.28 bits per heavy atom. The normalized spacial score (nSPS) is 11.2. The highest BCUT2D eigenvalue weighted by atomic mass is 35.5. The molecular weight excluding hydrogens is 273 g/mol. The van der Waals surface area contributed by atoms with Crippen molar-refractivity contribution in [3.05, 3.63) is 45.5 Å². The van der Waals surface area contributed by atoms with Crippen LogP contribution in [0.1, 0.15) is 17.3 Å². The molecule has 0 unspecified atom stereocenters. The second kappa shape index (κ2) is 5.69.